The summed E-state index contributed by atoms with van der Waals surface area (Å²) in [5.74, 6) is 1.07. The number of quaternary nitrogens is 1. The third-order valence-corrected chi connectivity index (χ3v) is 3.83. The lowest BCUT2D eigenvalue weighted by Gasteiger charge is -2.30. The number of carbonyl (C=O) groups excluding carboxylic acids is 1. The lowest BCUT2D eigenvalue weighted by Crippen LogP contribution is -2.86. The Morgan fingerprint density at radius 1 is 1.35 bits per heavy atom. The normalized spacial score (nSPS) is 25.5. The summed E-state index contributed by atoms with van der Waals surface area (Å²) in [5.41, 5.74) is 1.29. The Bertz CT molecular complexity index is 314. The lowest BCUT2D eigenvalue weighted by molar-refractivity contribution is -0.664. The summed E-state index contributed by atoms with van der Waals surface area (Å²) in [7, 11) is 0. The number of allylic oxidation sites excluding steroid dienone is 2. The number of nitrogens with two attached hydrogens (primary N) is 1. The van der Waals surface area contributed by atoms with E-state index in [-0.39, 0.29) is 11.2 Å². The summed E-state index contributed by atoms with van der Waals surface area (Å²) in [6.07, 6.45) is 6.13. The highest BCUT2D eigenvalue weighted by Gasteiger charge is 2.27. The van der Waals surface area contributed by atoms with Gasteiger partial charge in [-0.1, -0.05) is 13.8 Å². The number of piperidine rings is 1. The Morgan fingerprint density at radius 2 is 2.06 bits per heavy atom. The van der Waals surface area contributed by atoms with Gasteiger partial charge in [-0.2, -0.15) is 0 Å². The molecular weight excluding hydrogens is 212 g/mol. The van der Waals surface area contributed by atoms with Gasteiger partial charge in [-0.3, -0.25) is 4.79 Å². The number of rotatable bonds is 3. The molecule has 2 aliphatic rings. The maximum atomic E-state index is 11.6. The molecule has 1 saturated heterocycles. The van der Waals surface area contributed by atoms with E-state index in [2.05, 4.69) is 24.5 Å². The van der Waals surface area contributed by atoms with Crippen molar-refractivity contribution in [2.75, 3.05) is 19.6 Å². The fourth-order valence-corrected chi connectivity index (χ4v) is 2.93. The Hall–Kier alpha value is -0.830. The van der Waals surface area contributed by atoms with Crippen LogP contribution in [0.15, 0.2) is 11.8 Å². The second-order valence-electron chi connectivity index (χ2n) is 6.34. The van der Waals surface area contributed by atoms with E-state index in [1.165, 1.54) is 25.9 Å². The van der Waals surface area contributed by atoms with Gasteiger partial charge in [-0.15, -0.1) is 0 Å². The van der Waals surface area contributed by atoms with E-state index in [1.54, 1.807) is 0 Å². The highest BCUT2D eigenvalue weighted by Crippen LogP contribution is 2.32. The largest absolute Gasteiger partial charge is 0.388 e. The summed E-state index contributed by atoms with van der Waals surface area (Å²) in [5, 5.41) is 5.90. The van der Waals surface area contributed by atoms with Crippen molar-refractivity contribution in [3.63, 3.8) is 0 Å². The summed E-state index contributed by atoms with van der Waals surface area (Å²) in [4.78, 5) is 11.6. The third kappa shape index (κ3) is 3.84. The Kier molecular flexibility index (Phi) is 3.87. The van der Waals surface area contributed by atoms with Crippen LogP contribution in [0.1, 0.15) is 39.5 Å². The zero-order valence-electron chi connectivity index (χ0n) is 11.1. The Balaban J connectivity index is 1.84. The zero-order valence-corrected chi connectivity index (χ0v) is 11.1. The van der Waals surface area contributed by atoms with E-state index >= 15 is 0 Å². The van der Waals surface area contributed by atoms with E-state index in [0.29, 0.717) is 6.42 Å². The number of hydrogen-bond donors (Lipinski definition) is 2. The molecule has 0 aromatic carbocycles. The van der Waals surface area contributed by atoms with Crippen molar-refractivity contribution in [3.8, 4) is 0 Å². The number of ketones is 1. The molecule has 3 heteroatoms. The molecule has 1 aliphatic heterocycles. The van der Waals surface area contributed by atoms with Crippen LogP contribution in [0.3, 0.4) is 0 Å². The van der Waals surface area contributed by atoms with Gasteiger partial charge in [-0.05, 0) is 17.8 Å². The molecule has 0 amide bonds. The van der Waals surface area contributed by atoms with Crippen LogP contribution in [-0.4, -0.2) is 25.4 Å². The van der Waals surface area contributed by atoms with E-state index in [0.717, 1.165) is 24.6 Å². The van der Waals surface area contributed by atoms with Crippen LogP contribution in [0.5, 0.6) is 0 Å². The second kappa shape index (κ2) is 5.21. The molecule has 3 N–H and O–H groups in total. The first kappa shape index (κ1) is 12.6. The molecule has 17 heavy (non-hydrogen) atoms. The molecule has 0 aromatic heterocycles. The van der Waals surface area contributed by atoms with Crippen LogP contribution < -0.4 is 10.6 Å². The molecule has 0 radical (unpaired) electrons. The molecule has 96 valence electrons. The van der Waals surface area contributed by atoms with Crippen molar-refractivity contribution in [3.05, 3.63) is 11.8 Å². The van der Waals surface area contributed by atoms with E-state index in [1.807, 2.05) is 6.08 Å². The molecule has 0 spiro atoms. The minimum absolute atomic E-state index is 0.133. The van der Waals surface area contributed by atoms with Gasteiger partial charge in [0.1, 0.15) is 0 Å². The van der Waals surface area contributed by atoms with Gasteiger partial charge in [0, 0.05) is 37.6 Å². The van der Waals surface area contributed by atoms with Crippen molar-refractivity contribution in [2.24, 2.45) is 11.3 Å². The molecule has 0 bridgehead atoms. The Morgan fingerprint density at radius 3 is 2.71 bits per heavy atom. The van der Waals surface area contributed by atoms with E-state index in [9.17, 15) is 4.79 Å². The standard InChI is InChI=1S/C14H24N2O/c1-14(2)8-12(7-13(17)9-14)16-10-11-3-5-15-6-4-11/h7,11,15-16H,3-6,8-10H2,1-2H3/p+1. The van der Waals surface area contributed by atoms with Crippen molar-refractivity contribution < 1.29 is 10.1 Å². The van der Waals surface area contributed by atoms with Crippen LogP contribution in [0.25, 0.3) is 0 Å². The van der Waals surface area contributed by atoms with Gasteiger partial charge >= 0.3 is 0 Å². The smallest absolute Gasteiger partial charge is 0.157 e. The maximum absolute atomic E-state index is 11.6. The lowest BCUT2D eigenvalue weighted by atomic mass is 9.79. The molecule has 1 heterocycles. The Labute approximate surface area is 104 Å². The summed E-state index contributed by atoms with van der Waals surface area (Å²) in [6.45, 7) is 7.92. The topological polar surface area (TPSA) is 45.7 Å². The molecule has 0 saturated carbocycles. The van der Waals surface area contributed by atoms with Gasteiger partial charge in [0.2, 0.25) is 0 Å². The first-order chi connectivity index (χ1) is 8.05. The third-order valence-electron chi connectivity index (χ3n) is 3.83. The number of carbonyl (C=O) groups is 1. The highest BCUT2D eigenvalue weighted by molar-refractivity contribution is 5.91. The molecular formula is C14H25N2O+. The molecule has 0 atom stereocenters. The monoisotopic (exact) mass is 237 g/mol. The predicted octanol–water partition coefficient (Wildman–Crippen LogP) is 0.822. The minimum atomic E-state index is 0.133. The average molecular weight is 237 g/mol. The maximum Gasteiger partial charge on any atom is 0.157 e. The van der Waals surface area contributed by atoms with Crippen LogP contribution in [0, 0.1) is 11.3 Å². The van der Waals surface area contributed by atoms with E-state index < -0.39 is 0 Å². The highest BCUT2D eigenvalue weighted by atomic mass is 16.1. The number of nitrogens with one attached hydrogen (secondary N) is 1. The molecule has 1 fully saturated rings. The van der Waals surface area contributed by atoms with Gasteiger partial charge < -0.3 is 10.6 Å². The van der Waals surface area contributed by atoms with Gasteiger partial charge in [0.25, 0.3) is 0 Å². The van der Waals surface area contributed by atoms with Gasteiger partial charge in [0.05, 0.1) is 13.1 Å². The fraction of sp³-hybridized carbons (Fsp3) is 0.786. The van der Waals surface area contributed by atoms with Crippen LogP contribution in [0.2, 0.25) is 0 Å². The summed E-state index contributed by atoms with van der Waals surface area (Å²) in [6, 6.07) is 0. The van der Waals surface area contributed by atoms with E-state index in [4.69, 9.17) is 0 Å². The van der Waals surface area contributed by atoms with Crippen LogP contribution in [-0.2, 0) is 4.79 Å². The van der Waals surface area contributed by atoms with Crippen molar-refractivity contribution in [1.29, 1.82) is 0 Å². The van der Waals surface area contributed by atoms with Crippen molar-refractivity contribution >= 4 is 5.78 Å². The van der Waals surface area contributed by atoms with Gasteiger partial charge in [-0.25, -0.2) is 0 Å². The molecule has 0 aromatic rings. The van der Waals surface area contributed by atoms with Crippen molar-refractivity contribution in [1.82, 2.24) is 5.32 Å². The summed E-state index contributed by atoms with van der Waals surface area (Å²) >= 11 is 0. The second-order valence-corrected chi connectivity index (χ2v) is 6.34. The average Bonchev–Trinajstić information content (AvgIpc) is 2.25. The van der Waals surface area contributed by atoms with Crippen LogP contribution in [0.4, 0.5) is 0 Å². The fourth-order valence-electron chi connectivity index (χ4n) is 2.93. The first-order valence-corrected chi connectivity index (χ1v) is 6.84. The molecule has 2 rings (SSSR count). The number of hydrogen-bond acceptors (Lipinski definition) is 2. The van der Waals surface area contributed by atoms with Gasteiger partial charge in [0.15, 0.2) is 5.78 Å². The summed E-state index contributed by atoms with van der Waals surface area (Å²) < 4.78 is 0. The molecule has 0 unspecified atom stereocenters. The first-order valence-electron chi connectivity index (χ1n) is 6.84. The van der Waals surface area contributed by atoms with Crippen molar-refractivity contribution in [2.45, 2.75) is 39.5 Å². The SMILES string of the molecule is CC1(C)CC(=O)C=C(NCC2CC[NH2+]CC2)C1. The minimum Gasteiger partial charge on any atom is -0.388 e. The zero-order chi connectivity index (χ0) is 12.3. The molecule has 3 nitrogen and oxygen atoms in total. The predicted molar refractivity (Wildman–Crippen MR) is 68.5 cm³/mol. The molecule has 1 aliphatic carbocycles. The van der Waals surface area contributed by atoms with Crippen LogP contribution >= 0.6 is 0 Å². The quantitative estimate of drug-likeness (QED) is 0.763.